The molecule has 1 amide bonds. The highest BCUT2D eigenvalue weighted by atomic mass is 16.2. The number of rotatable bonds is 2. The number of nitrogens with two attached hydrogens (primary N) is 1. The van der Waals surface area contributed by atoms with E-state index in [1.807, 2.05) is 38.1 Å². The van der Waals surface area contributed by atoms with Crippen molar-refractivity contribution >= 4 is 22.8 Å². The zero-order chi connectivity index (χ0) is 16.6. The van der Waals surface area contributed by atoms with Crippen LogP contribution in [0.15, 0.2) is 41.2 Å². The first-order valence-electron chi connectivity index (χ1n) is 7.32. The van der Waals surface area contributed by atoms with Gasteiger partial charge in [0.05, 0.1) is 11.0 Å². The molecule has 0 aliphatic heterocycles. The first kappa shape index (κ1) is 15.1. The number of nitrogens with zero attached hydrogens (tertiary/aromatic N) is 1. The van der Waals surface area contributed by atoms with E-state index in [0.29, 0.717) is 23.3 Å². The van der Waals surface area contributed by atoms with Gasteiger partial charge >= 0.3 is 11.7 Å². The smallest absolute Gasteiger partial charge is 0.326 e. The van der Waals surface area contributed by atoms with E-state index in [9.17, 15) is 9.59 Å². The maximum atomic E-state index is 12.5. The van der Waals surface area contributed by atoms with Gasteiger partial charge in [0.15, 0.2) is 0 Å². The van der Waals surface area contributed by atoms with Gasteiger partial charge < -0.3 is 16.0 Å². The average Bonchev–Trinajstić information content (AvgIpc) is 2.83. The van der Waals surface area contributed by atoms with E-state index >= 15 is 0 Å². The summed E-state index contributed by atoms with van der Waals surface area (Å²) in [4.78, 5) is 27.3. The molecule has 3 rings (SSSR count). The predicted molar refractivity (Wildman–Crippen MR) is 90.8 cm³/mol. The number of amides is 1. The third kappa shape index (κ3) is 2.76. The highest BCUT2D eigenvalue weighted by molar-refractivity contribution is 5.97. The molecule has 0 radical (unpaired) electrons. The number of benzene rings is 2. The molecule has 6 nitrogen and oxygen atoms in total. The van der Waals surface area contributed by atoms with Gasteiger partial charge in [-0.25, -0.2) is 14.2 Å². The molecule has 0 bridgehead atoms. The Labute approximate surface area is 132 Å². The van der Waals surface area contributed by atoms with Gasteiger partial charge in [-0.3, -0.25) is 0 Å². The fourth-order valence-electron chi connectivity index (χ4n) is 2.47. The zero-order valence-corrected chi connectivity index (χ0v) is 13.0. The molecule has 2 aromatic carbocycles. The summed E-state index contributed by atoms with van der Waals surface area (Å²) >= 11 is 0. The summed E-state index contributed by atoms with van der Waals surface area (Å²) in [5, 5.41) is 2.73. The highest BCUT2D eigenvalue weighted by Crippen LogP contribution is 2.17. The van der Waals surface area contributed by atoms with Crippen LogP contribution in [0.5, 0.6) is 0 Å². The van der Waals surface area contributed by atoms with Crippen LogP contribution in [0.4, 0.5) is 10.5 Å². The van der Waals surface area contributed by atoms with Crippen LogP contribution in [0.25, 0.3) is 11.0 Å². The number of hydrogen-bond acceptors (Lipinski definition) is 3. The predicted octanol–water partition coefficient (Wildman–Crippen LogP) is 2.49. The second-order valence-corrected chi connectivity index (χ2v) is 5.55. The molecule has 23 heavy (non-hydrogen) atoms. The van der Waals surface area contributed by atoms with Crippen LogP contribution in [0, 0.1) is 13.8 Å². The van der Waals surface area contributed by atoms with Gasteiger partial charge in [0.25, 0.3) is 0 Å². The van der Waals surface area contributed by atoms with Crippen molar-refractivity contribution < 1.29 is 4.79 Å². The summed E-state index contributed by atoms with van der Waals surface area (Å²) in [6.07, 6.45) is 0. The lowest BCUT2D eigenvalue weighted by atomic mass is 10.1. The Kier molecular flexibility index (Phi) is 3.75. The summed E-state index contributed by atoms with van der Waals surface area (Å²) in [6.45, 7) is 4.35. The molecule has 0 atom stereocenters. The van der Waals surface area contributed by atoms with Gasteiger partial charge in [-0.2, -0.15) is 0 Å². The van der Waals surface area contributed by atoms with Crippen LogP contribution in [0.2, 0.25) is 0 Å². The van der Waals surface area contributed by atoms with Crippen molar-refractivity contribution in [3.63, 3.8) is 0 Å². The van der Waals surface area contributed by atoms with Crippen LogP contribution in [0.3, 0.4) is 0 Å². The number of anilines is 1. The van der Waals surface area contributed by atoms with Crippen LogP contribution in [0.1, 0.15) is 16.7 Å². The van der Waals surface area contributed by atoms with Crippen LogP contribution in [-0.4, -0.2) is 15.6 Å². The van der Waals surface area contributed by atoms with Gasteiger partial charge in [-0.15, -0.1) is 0 Å². The molecule has 0 spiro atoms. The molecule has 1 heterocycles. The lowest BCUT2D eigenvalue weighted by Gasteiger charge is -2.07. The summed E-state index contributed by atoms with van der Waals surface area (Å²) in [6, 6.07) is 10.4. The SMILES string of the molecule is Cc1cc2[nH]c(=O)n(C(=O)Nc3ccc(CN)cc3)c2cc1C. The second-order valence-electron chi connectivity index (χ2n) is 5.55. The highest BCUT2D eigenvalue weighted by Gasteiger charge is 2.15. The van der Waals surface area contributed by atoms with Crippen LogP contribution >= 0.6 is 0 Å². The van der Waals surface area contributed by atoms with Crippen LogP contribution in [-0.2, 0) is 6.54 Å². The van der Waals surface area contributed by atoms with Crippen molar-refractivity contribution in [2.75, 3.05) is 5.32 Å². The Morgan fingerprint density at radius 2 is 1.83 bits per heavy atom. The van der Waals surface area contributed by atoms with E-state index in [-0.39, 0.29) is 0 Å². The molecule has 0 saturated carbocycles. The van der Waals surface area contributed by atoms with Crippen LogP contribution < -0.4 is 16.7 Å². The van der Waals surface area contributed by atoms with Crippen molar-refractivity contribution in [3.8, 4) is 0 Å². The second kappa shape index (κ2) is 5.73. The molecule has 4 N–H and O–H groups in total. The molecule has 0 unspecified atom stereocenters. The zero-order valence-electron chi connectivity index (χ0n) is 13.0. The summed E-state index contributed by atoms with van der Waals surface area (Å²) in [5.41, 5.74) is 9.96. The summed E-state index contributed by atoms with van der Waals surface area (Å²) in [7, 11) is 0. The third-order valence-electron chi connectivity index (χ3n) is 3.94. The van der Waals surface area contributed by atoms with E-state index in [4.69, 9.17) is 5.73 Å². The van der Waals surface area contributed by atoms with E-state index in [1.165, 1.54) is 0 Å². The lowest BCUT2D eigenvalue weighted by Crippen LogP contribution is -2.29. The number of aryl methyl sites for hydroxylation is 2. The van der Waals surface area contributed by atoms with Crippen molar-refractivity contribution in [3.05, 3.63) is 63.6 Å². The van der Waals surface area contributed by atoms with Gasteiger partial charge in [0, 0.05) is 12.2 Å². The maximum absolute atomic E-state index is 12.5. The van der Waals surface area contributed by atoms with Gasteiger partial charge in [-0.05, 0) is 54.8 Å². The molecular weight excluding hydrogens is 292 g/mol. The van der Waals surface area contributed by atoms with E-state index in [1.54, 1.807) is 12.1 Å². The van der Waals surface area contributed by atoms with Crippen molar-refractivity contribution in [2.45, 2.75) is 20.4 Å². The number of carbonyl (C=O) groups is 1. The fraction of sp³-hybridized carbons (Fsp3) is 0.176. The number of aromatic amines is 1. The Balaban J connectivity index is 1.98. The average molecular weight is 310 g/mol. The molecule has 3 aromatic rings. The Morgan fingerprint density at radius 1 is 1.17 bits per heavy atom. The minimum atomic E-state index is -0.495. The summed E-state index contributed by atoms with van der Waals surface area (Å²) < 4.78 is 1.11. The van der Waals surface area contributed by atoms with Crippen molar-refractivity contribution in [2.24, 2.45) is 5.73 Å². The molecule has 0 aliphatic rings. The molecule has 0 aliphatic carbocycles. The quantitative estimate of drug-likeness (QED) is 0.679. The molecular formula is C17H18N4O2. The normalized spacial score (nSPS) is 10.9. The molecule has 0 fully saturated rings. The topological polar surface area (TPSA) is 92.9 Å². The molecule has 6 heteroatoms. The molecule has 0 saturated heterocycles. The van der Waals surface area contributed by atoms with Crippen molar-refractivity contribution in [1.29, 1.82) is 0 Å². The standard InChI is InChI=1S/C17H18N4O2/c1-10-7-14-15(8-11(10)2)21(17(23)20-14)16(22)19-13-5-3-12(9-18)4-6-13/h3-8H,9,18H2,1-2H3,(H,19,22)(H,20,23). The Bertz CT molecular complexity index is 936. The first-order valence-corrected chi connectivity index (χ1v) is 7.32. The maximum Gasteiger partial charge on any atom is 0.334 e. The number of nitrogens with one attached hydrogen (secondary N) is 2. The van der Waals surface area contributed by atoms with Gasteiger partial charge in [0.2, 0.25) is 0 Å². The van der Waals surface area contributed by atoms with Gasteiger partial charge in [-0.1, -0.05) is 12.1 Å². The largest absolute Gasteiger partial charge is 0.334 e. The number of fused-ring (bicyclic) bond motifs is 1. The lowest BCUT2D eigenvalue weighted by molar-refractivity contribution is 0.253. The fourth-order valence-corrected chi connectivity index (χ4v) is 2.47. The minimum Gasteiger partial charge on any atom is -0.326 e. The Hall–Kier alpha value is -2.86. The minimum absolute atomic E-state index is 0.439. The Morgan fingerprint density at radius 3 is 2.48 bits per heavy atom. The number of imidazole rings is 1. The molecule has 1 aromatic heterocycles. The van der Waals surface area contributed by atoms with E-state index < -0.39 is 11.7 Å². The summed E-state index contributed by atoms with van der Waals surface area (Å²) in [5.74, 6) is 0. The third-order valence-corrected chi connectivity index (χ3v) is 3.94. The monoisotopic (exact) mass is 310 g/mol. The number of carbonyl (C=O) groups excluding carboxylic acids is 1. The number of aromatic nitrogens is 2. The number of hydrogen-bond donors (Lipinski definition) is 3. The number of H-pyrrole nitrogens is 1. The van der Waals surface area contributed by atoms with E-state index in [2.05, 4.69) is 10.3 Å². The first-order chi connectivity index (χ1) is 11.0. The van der Waals surface area contributed by atoms with Gasteiger partial charge in [0.1, 0.15) is 0 Å². The van der Waals surface area contributed by atoms with E-state index in [0.717, 1.165) is 21.3 Å². The molecule has 118 valence electrons. The van der Waals surface area contributed by atoms with Crippen molar-refractivity contribution in [1.82, 2.24) is 9.55 Å².